The molecule has 0 amide bonds. The Balaban J connectivity index is 1.70. The van der Waals surface area contributed by atoms with Gasteiger partial charge in [-0.1, -0.05) is 30.3 Å². The highest BCUT2D eigenvalue weighted by atomic mass is 32.2. The highest BCUT2D eigenvalue weighted by molar-refractivity contribution is 7.92. The molecule has 2 aromatic heterocycles. The number of hydrogen-bond donors (Lipinski definition) is 1. The van der Waals surface area contributed by atoms with Gasteiger partial charge in [-0.2, -0.15) is 5.26 Å². The zero-order chi connectivity index (χ0) is 18.9. The number of nitrogens with zero attached hydrogens (tertiary/aromatic N) is 3. The molecule has 0 saturated carbocycles. The first kappa shape index (κ1) is 16.8. The van der Waals surface area contributed by atoms with E-state index in [0.717, 1.165) is 16.9 Å². The average molecular weight is 374 g/mol. The van der Waals surface area contributed by atoms with Gasteiger partial charge in [-0.25, -0.2) is 13.4 Å². The first-order valence-corrected chi connectivity index (χ1v) is 9.61. The zero-order valence-electron chi connectivity index (χ0n) is 14.1. The van der Waals surface area contributed by atoms with Crippen LogP contribution in [0, 0.1) is 11.3 Å². The van der Waals surface area contributed by atoms with Gasteiger partial charge < -0.3 is 4.40 Å². The number of sulfonamides is 1. The molecule has 132 valence electrons. The predicted octanol–water partition coefficient (Wildman–Crippen LogP) is 3.67. The number of benzene rings is 2. The number of rotatable bonds is 4. The second kappa shape index (κ2) is 6.59. The second-order valence-corrected chi connectivity index (χ2v) is 7.54. The van der Waals surface area contributed by atoms with Crippen LogP contribution >= 0.6 is 0 Å². The predicted molar refractivity (Wildman–Crippen MR) is 103 cm³/mol. The van der Waals surface area contributed by atoms with E-state index < -0.39 is 10.0 Å². The van der Waals surface area contributed by atoms with Crippen molar-refractivity contribution in [3.8, 4) is 17.3 Å². The lowest BCUT2D eigenvalue weighted by Gasteiger charge is -2.10. The maximum atomic E-state index is 12.7. The largest absolute Gasteiger partial charge is 0.306 e. The number of nitrogens with one attached hydrogen (secondary N) is 1. The monoisotopic (exact) mass is 374 g/mol. The maximum Gasteiger partial charge on any atom is 0.263 e. The average Bonchev–Trinajstić information content (AvgIpc) is 3.12. The molecule has 1 N–H and O–H groups in total. The summed E-state index contributed by atoms with van der Waals surface area (Å²) in [6.07, 6.45) is 3.78. The summed E-state index contributed by atoms with van der Waals surface area (Å²) in [5, 5.41) is 9.16. The minimum absolute atomic E-state index is 0.0503. The third-order valence-corrected chi connectivity index (χ3v) is 5.51. The molecule has 4 aromatic rings. The van der Waals surface area contributed by atoms with Gasteiger partial charge in [0, 0.05) is 23.6 Å². The van der Waals surface area contributed by atoms with Crippen LogP contribution in [0.3, 0.4) is 0 Å². The normalized spacial score (nSPS) is 11.2. The number of nitriles is 1. The molecule has 0 unspecified atom stereocenters. The van der Waals surface area contributed by atoms with E-state index in [1.54, 1.807) is 30.3 Å². The van der Waals surface area contributed by atoms with Gasteiger partial charge >= 0.3 is 0 Å². The highest BCUT2D eigenvalue weighted by Crippen LogP contribution is 2.25. The molecular formula is C20H14N4O2S. The van der Waals surface area contributed by atoms with Crippen LogP contribution in [0.15, 0.2) is 84.0 Å². The summed E-state index contributed by atoms with van der Waals surface area (Å²) in [5.41, 5.74) is 2.83. The minimum Gasteiger partial charge on any atom is -0.306 e. The minimum atomic E-state index is -3.88. The van der Waals surface area contributed by atoms with Gasteiger partial charge in [0.15, 0.2) is 0 Å². The highest BCUT2D eigenvalue weighted by Gasteiger charge is 2.18. The van der Waals surface area contributed by atoms with Crippen molar-refractivity contribution in [1.82, 2.24) is 9.38 Å². The fraction of sp³-hybridized carbons (Fsp3) is 0. The van der Waals surface area contributed by atoms with E-state index in [0.29, 0.717) is 5.69 Å². The van der Waals surface area contributed by atoms with E-state index in [1.807, 2.05) is 47.1 Å². The van der Waals surface area contributed by atoms with Gasteiger partial charge in [-0.3, -0.25) is 4.72 Å². The van der Waals surface area contributed by atoms with Gasteiger partial charge in [-0.15, -0.1) is 0 Å². The molecule has 2 aromatic carbocycles. The number of anilines is 1. The SMILES string of the molecule is N#Cc1ccccc1S(=O)(=O)Nc1cccc(-c2cn3ccccc3n2)c1. The lowest BCUT2D eigenvalue weighted by Crippen LogP contribution is -2.14. The van der Waals surface area contributed by atoms with Crippen LogP contribution in [0.2, 0.25) is 0 Å². The topological polar surface area (TPSA) is 87.3 Å². The van der Waals surface area contributed by atoms with Gasteiger partial charge in [0.25, 0.3) is 10.0 Å². The summed E-state index contributed by atoms with van der Waals surface area (Å²) in [5.74, 6) is 0. The Labute approximate surface area is 156 Å². The first-order chi connectivity index (χ1) is 13.1. The molecule has 0 saturated heterocycles. The van der Waals surface area contributed by atoms with E-state index >= 15 is 0 Å². The number of aromatic nitrogens is 2. The van der Waals surface area contributed by atoms with Crippen molar-refractivity contribution in [1.29, 1.82) is 5.26 Å². The quantitative estimate of drug-likeness (QED) is 0.590. The smallest absolute Gasteiger partial charge is 0.263 e. The molecule has 0 aliphatic carbocycles. The summed E-state index contributed by atoms with van der Waals surface area (Å²) in [6.45, 7) is 0. The molecule has 0 radical (unpaired) electrons. The number of fused-ring (bicyclic) bond motifs is 1. The third-order valence-electron chi connectivity index (χ3n) is 4.07. The summed E-state index contributed by atoms with van der Waals surface area (Å²) < 4.78 is 29.8. The van der Waals surface area contributed by atoms with Crippen LogP contribution in [0.5, 0.6) is 0 Å². The zero-order valence-corrected chi connectivity index (χ0v) is 14.9. The van der Waals surface area contributed by atoms with E-state index in [1.165, 1.54) is 12.1 Å². The summed E-state index contributed by atoms with van der Waals surface area (Å²) in [4.78, 5) is 4.50. The summed E-state index contributed by atoms with van der Waals surface area (Å²) in [7, 11) is -3.88. The number of imidazole rings is 1. The molecule has 7 heteroatoms. The van der Waals surface area contributed by atoms with Crippen molar-refractivity contribution < 1.29 is 8.42 Å². The van der Waals surface area contributed by atoms with E-state index in [2.05, 4.69) is 9.71 Å². The summed E-state index contributed by atoms with van der Waals surface area (Å²) in [6, 6.07) is 20.7. The number of hydrogen-bond acceptors (Lipinski definition) is 4. The standard InChI is InChI=1S/C20H14N4O2S/c21-13-16-6-1-2-9-19(16)27(25,26)23-17-8-5-7-15(12-17)18-14-24-11-4-3-10-20(24)22-18/h1-12,14,23H. The van der Waals surface area contributed by atoms with Crippen LogP contribution in [0.25, 0.3) is 16.9 Å². The van der Waals surface area contributed by atoms with Gasteiger partial charge in [0.2, 0.25) is 0 Å². The van der Waals surface area contributed by atoms with Crippen LogP contribution < -0.4 is 4.72 Å². The second-order valence-electron chi connectivity index (χ2n) is 5.89. The van der Waals surface area contributed by atoms with Crippen LogP contribution in [0.1, 0.15) is 5.56 Å². The Bertz CT molecular complexity index is 1250. The van der Waals surface area contributed by atoms with E-state index in [4.69, 9.17) is 5.26 Å². The Morgan fingerprint density at radius 1 is 1.00 bits per heavy atom. The van der Waals surface area contributed by atoms with Crippen molar-refractivity contribution in [2.24, 2.45) is 0 Å². The number of pyridine rings is 1. The molecule has 0 atom stereocenters. The molecule has 0 bridgehead atoms. The third kappa shape index (κ3) is 3.26. The molecule has 4 rings (SSSR count). The van der Waals surface area contributed by atoms with E-state index in [-0.39, 0.29) is 10.5 Å². The van der Waals surface area contributed by atoms with Crippen molar-refractivity contribution in [2.45, 2.75) is 4.90 Å². The summed E-state index contributed by atoms with van der Waals surface area (Å²) >= 11 is 0. The van der Waals surface area contributed by atoms with Crippen LogP contribution in [0.4, 0.5) is 5.69 Å². The molecule has 0 spiro atoms. The Morgan fingerprint density at radius 3 is 2.63 bits per heavy atom. The molecule has 6 nitrogen and oxygen atoms in total. The fourth-order valence-corrected chi connectivity index (χ4v) is 4.03. The molecule has 2 heterocycles. The lowest BCUT2D eigenvalue weighted by atomic mass is 10.1. The molecule has 0 aliphatic rings. The van der Waals surface area contributed by atoms with Crippen molar-refractivity contribution >= 4 is 21.4 Å². The van der Waals surface area contributed by atoms with Gasteiger partial charge in [-0.05, 0) is 36.4 Å². The Hall–Kier alpha value is -3.63. The van der Waals surface area contributed by atoms with Crippen molar-refractivity contribution in [3.63, 3.8) is 0 Å². The fourth-order valence-electron chi connectivity index (χ4n) is 2.82. The first-order valence-electron chi connectivity index (χ1n) is 8.13. The molecule has 0 aliphatic heterocycles. The van der Waals surface area contributed by atoms with Crippen molar-refractivity contribution in [3.05, 3.63) is 84.7 Å². The lowest BCUT2D eigenvalue weighted by molar-refractivity contribution is 0.601. The van der Waals surface area contributed by atoms with Crippen LogP contribution in [-0.4, -0.2) is 17.8 Å². The molecular weight excluding hydrogens is 360 g/mol. The van der Waals surface area contributed by atoms with E-state index in [9.17, 15) is 8.42 Å². The van der Waals surface area contributed by atoms with Crippen LogP contribution in [-0.2, 0) is 10.0 Å². The maximum absolute atomic E-state index is 12.7. The molecule has 27 heavy (non-hydrogen) atoms. The van der Waals surface area contributed by atoms with Crippen molar-refractivity contribution in [2.75, 3.05) is 4.72 Å². The molecule has 0 fully saturated rings. The Morgan fingerprint density at radius 2 is 1.81 bits per heavy atom. The van der Waals surface area contributed by atoms with Gasteiger partial charge in [0.1, 0.15) is 16.6 Å². The van der Waals surface area contributed by atoms with Gasteiger partial charge in [0.05, 0.1) is 11.3 Å². The Kier molecular flexibility index (Phi) is 4.11.